The monoisotopic (exact) mass is 381 g/mol. The van der Waals surface area contributed by atoms with Crippen molar-refractivity contribution in [3.8, 4) is 11.3 Å². The van der Waals surface area contributed by atoms with Gasteiger partial charge < -0.3 is 0 Å². The maximum absolute atomic E-state index is 5.94. The van der Waals surface area contributed by atoms with Crippen LogP contribution < -0.4 is 0 Å². The Kier molecular flexibility index (Phi) is 4.42. The molecule has 0 bridgehead atoms. The average Bonchev–Trinajstić information content (AvgIpc) is 3.04. The maximum Gasteiger partial charge on any atom is 0.107 e. The lowest BCUT2D eigenvalue weighted by Crippen LogP contribution is -1.88. The smallest absolute Gasteiger partial charge is 0.107 e. The van der Waals surface area contributed by atoms with Crippen LogP contribution >= 0.6 is 38.9 Å². The highest BCUT2D eigenvalue weighted by molar-refractivity contribution is 9.10. The van der Waals surface area contributed by atoms with Crippen molar-refractivity contribution >= 4 is 38.9 Å². The molecule has 0 unspecified atom stereocenters. The van der Waals surface area contributed by atoms with Gasteiger partial charge in [-0.1, -0.05) is 11.6 Å². The van der Waals surface area contributed by atoms with E-state index >= 15 is 0 Å². The van der Waals surface area contributed by atoms with Crippen LogP contribution in [0.5, 0.6) is 0 Å². The highest BCUT2D eigenvalue weighted by Gasteiger charge is 2.07. The first-order chi connectivity index (χ1) is 10.1. The molecule has 0 aliphatic carbocycles. The Morgan fingerprint density at radius 2 is 2.10 bits per heavy atom. The van der Waals surface area contributed by atoms with E-state index in [1.165, 1.54) is 4.88 Å². The summed E-state index contributed by atoms with van der Waals surface area (Å²) in [5, 5.41) is 7.50. The summed E-state index contributed by atoms with van der Waals surface area (Å²) in [7, 11) is 0. The molecule has 0 aliphatic rings. The van der Waals surface area contributed by atoms with Crippen LogP contribution in [-0.4, -0.2) is 15.2 Å². The number of pyridine rings is 1. The Bertz CT molecular complexity index is 746. The molecule has 21 heavy (non-hydrogen) atoms. The lowest BCUT2D eigenvalue weighted by Gasteiger charge is -1.99. The van der Waals surface area contributed by atoms with Crippen LogP contribution in [-0.2, 0) is 12.8 Å². The first-order valence-electron chi connectivity index (χ1n) is 6.53. The maximum atomic E-state index is 5.94. The zero-order chi connectivity index (χ0) is 14.8. The van der Waals surface area contributed by atoms with Gasteiger partial charge in [0.05, 0.1) is 10.0 Å². The molecule has 0 radical (unpaired) electrons. The van der Waals surface area contributed by atoms with E-state index in [9.17, 15) is 0 Å². The van der Waals surface area contributed by atoms with Crippen LogP contribution in [0, 0.1) is 6.92 Å². The lowest BCUT2D eigenvalue weighted by molar-refractivity contribution is 0.905. The fraction of sp³-hybridized carbons (Fsp3) is 0.200. The minimum Gasteiger partial charge on any atom is -0.282 e. The Morgan fingerprint density at radius 3 is 2.81 bits per heavy atom. The zero-order valence-corrected chi connectivity index (χ0v) is 14.5. The molecule has 0 saturated heterocycles. The first-order valence-corrected chi connectivity index (χ1v) is 8.52. The fourth-order valence-electron chi connectivity index (χ4n) is 2.16. The second-order valence-corrected chi connectivity index (χ2v) is 7.42. The molecule has 3 aromatic rings. The van der Waals surface area contributed by atoms with Crippen molar-refractivity contribution in [2.45, 2.75) is 19.8 Å². The predicted molar refractivity (Wildman–Crippen MR) is 91.0 cm³/mol. The van der Waals surface area contributed by atoms with Crippen molar-refractivity contribution in [1.29, 1.82) is 0 Å². The molecule has 3 rings (SSSR count). The van der Waals surface area contributed by atoms with Gasteiger partial charge in [0, 0.05) is 21.8 Å². The van der Waals surface area contributed by atoms with E-state index in [0.717, 1.165) is 44.4 Å². The summed E-state index contributed by atoms with van der Waals surface area (Å²) in [6.45, 7) is 1.97. The standard InChI is InChI=1S/C15H13BrClN3S/c1-9-6-10(7-14(16)18-9)13-8-11(19-20-13)2-3-12-4-5-15(17)21-12/h4-8H,2-3H2,1H3,(H,19,20). The second kappa shape index (κ2) is 6.30. The van der Waals surface area contributed by atoms with Crippen molar-refractivity contribution in [2.75, 3.05) is 0 Å². The van der Waals surface area contributed by atoms with Gasteiger partial charge in [0.2, 0.25) is 0 Å². The van der Waals surface area contributed by atoms with Crippen molar-refractivity contribution in [3.63, 3.8) is 0 Å². The number of rotatable bonds is 4. The van der Waals surface area contributed by atoms with Gasteiger partial charge in [0.15, 0.2) is 0 Å². The molecule has 3 nitrogen and oxygen atoms in total. The molecular formula is C15H13BrClN3S. The van der Waals surface area contributed by atoms with Crippen LogP contribution in [0.3, 0.4) is 0 Å². The fourth-order valence-corrected chi connectivity index (χ4v) is 3.77. The molecule has 0 aliphatic heterocycles. The highest BCUT2D eigenvalue weighted by Crippen LogP contribution is 2.24. The summed E-state index contributed by atoms with van der Waals surface area (Å²) in [5.41, 5.74) is 4.11. The quantitative estimate of drug-likeness (QED) is 0.642. The first kappa shape index (κ1) is 14.8. The van der Waals surface area contributed by atoms with Gasteiger partial charge in [-0.05, 0) is 66.0 Å². The van der Waals surface area contributed by atoms with Gasteiger partial charge in [0.25, 0.3) is 0 Å². The molecule has 0 fully saturated rings. The number of hydrogen-bond acceptors (Lipinski definition) is 3. The molecule has 1 N–H and O–H groups in total. The summed E-state index contributed by atoms with van der Waals surface area (Å²) < 4.78 is 1.67. The third-order valence-electron chi connectivity index (χ3n) is 3.12. The Balaban J connectivity index is 1.73. The van der Waals surface area contributed by atoms with Gasteiger partial charge in [-0.3, -0.25) is 5.10 Å². The number of H-pyrrole nitrogens is 1. The second-order valence-electron chi connectivity index (χ2n) is 4.80. The molecule has 0 aromatic carbocycles. The minimum atomic E-state index is 0.829. The number of halogens is 2. The van der Waals surface area contributed by atoms with Gasteiger partial charge in [-0.2, -0.15) is 5.10 Å². The van der Waals surface area contributed by atoms with Crippen molar-refractivity contribution < 1.29 is 0 Å². The van der Waals surface area contributed by atoms with Crippen molar-refractivity contribution in [1.82, 2.24) is 15.2 Å². The topological polar surface area (TPSA) is 41.6 Å². The van der Waals surface area contributed by atoms with Crippen LogP contribution in [0.15, 0.2) is 34.9 Å². The van der Waals surface area contributed by atoms with Crippen LogP contribution in [0.25, 0.3) is 11.3 Å². The number of aromatic nitrogens is 3. The van der Waals surface area contributed by atoms with E-state index in [-0.39, 0.29) is 0 Å². The van der Waals surface area contributed by atoms with Gasteiger partial charge in [-0.25, -0.2) is 4.98 Å². The number of nitrogens with zero attached hydrogens (tertiary/aromatic N) is 2. The number of aryl methyl sites for hydroxylation is 3. The summed E-state index contributed by atoms with van der Waals surface area (Å²) in [6, 6.07) is 10.1. The number of thiophene rings is 1. The molecule has 108 valence electrons. The molecule has 3 heterocycles. The van der Waals surface area contributed by atoms with Gasteiger partial charge >= 0.3 is 0 Å². The van der Waals surface area contributed by atoms with E-state index in [1.807, 2.05) is 25.1 Å². The van der Waals surface area contributed by atoms with Crippen molar-refractivity contribution in [3.05, 3.63) is 55.5 Å². The molecule has 0 amide bonds. The molecule has 6 heteroatoms. The van der Waals surface area contributed by atoms with Crippen molar-refractivity contribution in [2.24, 2.45) is 0 Å². The number of aromatic amines is 1. The normalized spacial score (nSPS) is 11.0. The van der Waals surface area contributed by atoms with Crippen LogP contribution in [0.2, 0.25) is 4.34 Å². The van der Waals surface area contributed by atoms with E-state index < -0.39 is 0 Å². The van der Waals surface area contributed by atoms with E-state index in [1.54, 1.807) is 11.3 Å². The third-order valence-corrected chi connectivity index (χ3v) is 4.82. The van der Waals surface area contributed by atoms with Crippen LogP contribution in [0.4, 0.5) is 0 Å². The summed E-state index contributed by atoms with van der Waals surface area (Å²) in [5.74, 6) is 0. The molecule has 3 aromatic heterocycles. The molecule has 0 saturated carbocycles. The van der Waals surface area contributed by atoms with Gasteiger partial charge in [-0.15, -0.1) is 11.3 Å². The molecule has 0 atom stereocenters. The van der Waals surface area contributed by atoms with Crippen LogP contribution in [0.1, 0.15) is 16.3 Å². The van der Waals surface area contributed by atoms with E-state index in [0.29, 0.717) is 0 Å². The molecule has 0 spiro atoms. The number of hydrogen-bond donors (Lipinski definition) is 1. The third kappa shape index (κ3) is 3.73. The summed E-state index contributed by atoms with van der Waals surface area (Å²) in [6.07, 6.45) is 1.90. The minimum absolute atomic E-state index is 0.829. The molecular weight excluding hydrogens is 370 g/mol. The largest absolute Gasteiger partial charge is 0.282 e. The predicted octanol–water partition coefficient (Wildman–Crippen LogP) is 5.04. The number of nitrogens with one attached hydrogen (secondary N) is 1. The van der Waals surface area contributed by atoms with E-state index in [2.05, 4.69) is 43.2 Å². The Morgan fingerprint density at radius 1 is 1.24 bits per heavy atom. The summed E-state index contributed by atoms with van der Waals surface area (Å²) >= 11 is 11.0. The average molecular weight is 383 g/mol. The zero-order valence-electron chi connectivity index (χ0n) is 11.4. The highest BCUT2D eigenvalue weighted by atomic mass is 79.9. The Labute approximate surface area is 140 Å². The summed E-state index contributed by atoms with van der Waals surface area (Å²) in [4.78, 5) is 5.60. The SMILES string of the molecule is Cc1cc(-c2cc(CCc3ccc(Cl)s3)[nH]n2)cc(Br)n1. The Hall–Kier alpha value is -1.17. The van der Waals surface area contributed by atoms with E-state index in [4.69, 9.17) is 11.6 Å². The lowest BCUT2D eigenvalue weighted by atomic mass is 10.1. The van der Waals surface area contributed by atoms with Gasteiger partial charge in [0.1, 0.15) is 4.60 Å².